The van der Waals surface area contributed by atoms with Gasteiger partial charge in [-0.05, 0) is 34.7 Å². The molecule has 13 heavy (non-hydrogen) atoms. The van der Waals surface area contributed by atoms with E-state index >= 15 is 0 Å². The van der Waals surface area contributed by atoms with Gasteiger partial charge in [0.2, 0.25) is 0 Å². The third-order valence-corrected chi connectivity index (χ3v) is 1.85. The number of carbonyl (C=O) groups is 1. The molecule has 2 N–H and O–H groups in total. The van der Waals surface area contributed by atoms with E-state index in [0.717, 1.165) is 0 Å². The first kappa shape index (κ1) is 9.80. The molecule has 0 saturated carbocycles. The van der Waals surface area contributed by atoms with Gasteiger partial charge in [-0.25, -0.2) is 0 Å². The summed E-state index contributed by atoms with van der Waals surface area (Å²) in [6, 6.07) is 5.06. The Morgan fingerprint density at radius 2 is 2.38 bits per heavy atom. The largest absolute Gasteiger partial charge is 0.451 e. The zero-order valence-electron chi connectivity index (χ0n) is 6.45. The SMILES string of the molecule is N#C/C(=C\c1ccc(I)o1)C(N)=O. The molecule has 0 bridgehead atoms. The maximum absolute atomic E-state index is 10.6. The lowest BCUT2D eigenvalue weighted by Crippen LogP contribution is -2.12. The highest BCUT2D eigenvalue weighted by Gasteiger charge is 2.04. The normalized spacial score (nSPS) is 10.9. The van der Waals surface area contributed by atoms with Gasteiger partial charge >= 0.3 is 0 Å². The smallest absolute Gasteiger partial charge is 0.259 e. The van der Waals surface area contributed by atoms with Gasteiger partial charge in [-0.3, -0.25) is 4.79 Å². The molecule has 0 unspecified atom stereocenters. The molecule has 0 aliphatic carbocycles. The lowest BCUT2D eigenvalue weighted by molar-refractivity contribution is -0.114. The Morgan fingerprint density at radius 1 is 1.69 bits per heavy atom. The first-order valence-electron chi connectivity index (χ1n) is 3.30. The Morgan fingerprint density at radius 3 is 2.77 bits per heavy atom. The maximum Gasteiger partial charge on any atom is 0.259 e. The molecular weight excluding hydrogens is 283 g/mol. The van der Waals surface area contributed by atoms with Crippen LogP contribution < -0.4 is 5.73 Å². The van der Waals surface area contributed by atoms with E-state index in [4.69, 9.17) is 15.4 Å². The van der Waals surface area contributed by atoms with Crippen LogP contribution in [-0.4, -0.2) is 5.91 Å². The molecule has 0 saturated heterocycles. The van der Waals surface area contributed by atoms with E-state index in [1.165, 1.54) is 6.08 Å². The van der Waals surface area contributed by atoms with Crippen molar-refractivity contribution >= 4 is 34.6 Å². The second kappa shape index (κ2) is 4.09. The summed E-state index contributed by atoms with van der Waals surface area (Å²) in [6.45, 7) is 0. The van der Waals surface area contributed by atoms with Crippen molar-refractivity contribution in [3.63, 3.8) is 0 Å². The molecule has 1 aromatic heterocycles. The van der Waals surface area contributed by atoms with Gasteiger partial charge < -0.3 is 10.2 Å². The summed E-state index contributed by atoms with van der Waals surface area (Å²) in [7, 11) is 0. The van der Waals surface area contributed by atoms with Crippen LogP contribution in [0.1, 0.15) is 5.76 Å². The minimum Gasteiger partial charge on any atom is -0.451 e. The van der Waals surface area contributed by atoms with Crippen LogP contribution in [0.2, 0.25) is 0 Å². The molecule has 0 atom stereocenters. The van der Waals surface area contributed by atoms with Crippen molar-refractivity contribution < 1.29 is 9.21 Å². The molecule has 1 rings (SSSR count). The summed E-state index contributed by atoms with van der Waals surface area (Å²) < 4.78 is 5.80. The van der Waals surface area contributed by atoms with Gasteiger partial charge in [-0.2, -0.15) is 5.26 Å². The number of amides is 1. The summed E-state index contributed by atoms with van der Waals surface area (Å²) in [6.07, 6.45) is 1.31. The van der Waals surface area contributed by atoms with Crippen molar-refractivity contribution in [3.8, 4) is 6.07 Å². The second-order valence-electron chi connectivity index (χ2n) is 2.18. The molecular formula is C8H5IN2O2. The monoisotopic (exact) mass is 288 g/mol. The second-order valence-corrected chi connectivity index (χ2v) is 3.24. The number of nitrogens with two attached hydrogens (primary N) is 1. The van der Waals surface area contributed by atoms with Gasteiger partial charge in [0.1, 0.15) is 17.4 Å². The fourth-order valence-electron chi connectivity index (χ4n) is 0.707. The fraction of sp³-hybridized carbons (Fsp3) is 0. The zero-order valence-corrected chi connectivity index (χ0v) is 8.61. The Bertz CT molecular complexity index is 401. The number of rotatable bonds is 2. The van der Waals surface area contributed by atoms with Gasteiger partial charge in [0.15, 0.2) is 3.77 Å². The number of halogens is 1. The van der Waals surface area contributed by atoms with Crippen molar-refractivity contribution in [2.24, 2.45) is 5.73 Å². The zero-order chi connectivity index (χ0) is 9.84. The van der Waals surface area contributed by atoms with E-state index in [-0.39, 0.29) is 5.57 Å². The van der Waals surface area contributed by atoms with E-state index < -0.39 is 5.91 Å². The minimum atomic E-state index is -0.756. The highest BCUT2D eigenvalue weighted by atomic mass is 127. The van der Waals surface area contributed by atoms with Gasteiger partial charge in [0.25, 0.3) is 5.91 Å². The molecule has 4 nitrogen and oxygen atoms in total. The number of primary amides is 1. The van der Waals surface area contributed by atoms with E-state index in [9.17, 15) is 4.79 Å². The molecule has 1 amide bonds. The van der Waals surface area contributed by atoms with Crippen LogP contribution in [0.3, 0.4) is 0 Å². The molecule has 66 valence electrons. The first-order valence-corrected chi connectivity index (χ1v) is 4.38. The van der Waals surface area contributed by atoms with Gasteiger partial charge in [-0.1, -0.05) is 0 Å². The molecule has 0 spiro atoms. The van der Waals surface area contributed by atoms with E-state index in [0.29, 0.717) is 9.53 Å². The van der Waals surface area contributed by atoms with Gasteiger partial charge in [-0.15, -0.1) is 0 Å². The average molecular weight is 288 g/mol. The van der Waals surface area contributed by atoms with Crippen LogP contribution in [0, 0.1) is 15.1 Å². The summed E-state index contributed by atoms with van der Waals surface area (Å²) in [5, 5.41) is 8.50. The van der Waals surface area contributed by atoms with Gasteiger partial charge in [0.05, 0.1) is 0 Å². The van der Waals surface area contributed by atoms with Crippen molar-refractivity contribution in [2.45, 2.75) is 0 Å². The molecule has 0 radical (unpaired) electrons. The van der Waals surface area contributed by atoms with Crippen molar-refractivity contribution in [2.75, 3.05) is 0 Å². The third-order valence-electron chi connectivity index (χ3n) is 1.27. The molecule has 0 aromatic carbocycles. The van der Waals surface area contributed by atoms with Crippen LogP contribution in [0.4, 0.5) is 0 Å². The molecule has 1 heterocycles. The number of carbonyl (C=O) groups excluding carboxylic acids is 1. The summed E-state index contributed by atoms with van der Waals surface area (Å²) >= 11 is 1.98. The van der Waals surface area contributed by atoms with E-state index in [1.807, 2.05) is 22.6 Å². The predicted molar refractivity (Wildman–Crippen MR) is 54.2 cm³/mol. The van der Waals surface area contributed by atoms with Crippen molar-refractivity contribution in [1.82, 2.24) is 0 Å². The third kappa shape index (κ3) is 2.59. The lowest BCUT2D eigenvalue weighted by Gasteiger charge is -1.88. The Balaban J connectivity index is 3.00. The highest BCUT2D eigenvalue weighted by Crippen LogP contribution is 2.13. The number of hydrogen-bond acceptors (Lipinski definition) is 3. The molecule has 0 aliphatic heterocycles. The predicted octanol–water partition coefficient (Wildman–Crippen LogP) is 1.28. The molecule has 5 heteroatoms. The van der Waals surface area contributed by atoms with Gasteiger partial charge in [0, 0.05) is 6.08 Å². The van der Waals surface area contributed by atoms with E-state index in [2.05, 4.69) is 0 Å². The maximum atomic E-state index is 10.6. The molecule has 0 fully saturated rings. The quantitative estimate of drug-likeness (QED) is 0.505. The molecule has 0 aliphatic rings. The number of furan rings is 1. The number of hydrogen-bond donors (Lipinski definition) is 1. The van der Waals surface area contributed by atoms with Crippen LogP contribution in [0.25, 0.3) is 6.08 Å². The summed E-state index contributed by atoms with van der Waals surface area (Å²) in [4.78, 5) is 10.6. The number of nitriles is 1. The minimum absolute atomic E-state index is 0.120. The average Bonchev–Trinajstić information content (AvgIpc) is 2.46. The van der Waals surface area contributed by atoms with Crippen LogP contribution in [0.5, 0.6) is 0 Å². The highest BCUT2D eigenvalue weighted by molar-refractivity contribution is 14.1. The Labute approximate surface area is 88.2 Å². The topological polar surface area (TPSA) is 80.0 Å². The Kier molecular flexibility index (Phi) is 3.08. The fourth-order valence-corrected chi connectivity index (χ4v) is 1.14. The van der Waals surface area contributed by atoms with E-state index in [1.54, 1.807) is 18.2 Å². The summed E-state index contributed by atoms with van der Waals surface area (Å²) in [5.41, 5.74) is 4.81. The number of nitrogens with zero attached hydrogens (tertiary/aromatic N) is 1. The van der Waals surface area contributed by atoms with Crippen LogP contribution in [-0.2, 0) is 4.79 Å². The summed E-state index contributed by atoms with van der Waals surface area (Å²) in [5.74, 6) is -0.311. The standard InChI is InChI=1S/C8H5IN2O2/c9-7-2-1-6(13-7)3-5(4-10)8(11)12/h1-3H,(H2,11,12)/b5-3+. The van der Waals surface area contributed by atoms with Crippen LogP contribution >= 0.6 is 22.6 Å². The van der Waals surface area contributed by atoms with Crippen LogP contribution in [0.15, 0.2) is 22.1 Å². The molecule has 1 aromatic rings. The Hall–Kier alpha value is -1.29. The lowest BCUT2D eigenvalue weighted by atomic mass is 10.2. The van der Waals surface area contributed by atoms with Crippen molar-refractivity contribution in [1.29, 1.82) is 5.26 Å². The van der Waals surface area contributed by atoms with Crippen molar-refractivity contribution in [3.05, 3.63) is 27.2 Å². The first-order chi connectivity index (χ1) is 6.13.